The molecule has 82 valence electrons. The zero-order valence-electron chi connectivity index (χ0n) is 7.42. The van der Waals surface area contributed by atoms with E-state index in [1.165, 1.54) is 21.1 Å². The summed E-state index contributed by atoms with van der Waals surface area (Å²) in [6, 6.07) is 0. The van der Waals surface area contributed by atoms with Gasteiger partial charge < -0.3 is 28.5 Å². The minimum atomic E-state index is -5.45. The van der Waals surface area contributed by atoms with E-state index in [0.717, 1.165) is 0 Å². The minimum Gasteiger partial charge on any atom is -1.00 e. The Morgan fingerprint density at radius 2 is 1.23 bits per heavy atom. The van der Waals surface area contributed by atoms with E-state index < -0.39 is 23.1 Å². The van der Waals surface area contributed by atoms with Crippen molar-refractivity contribution in [2.75, 3.05) is 27.7 Å². The van der Waals surface area contributed by atoms with Crippen LogP contribution in [0.15, 0.2) is 0 Å². The van der Waals surface area contributed by atoms with Crippen molar-refractivity contribution < 1.29 is 50.4 Å². The molecule has 0 aliphatic rings. The van der Waals surface area contributed by atoms with E-state index in [-0.39, 0.29) is 24.0 Å². The van der Waals surface area contributed by atoms with Crippen molar-refractivity contribution in [3.8, 4) is 0 Å². The SMILES string of the molecule is C[N+](C)(C)CC(F)(F)C(F)(F)F.[I-]. The molecule has 0 saturated heterocycles. The van der Waals surface area contributed by atoms with Crippen LogP contribution in [0.1, 0.15) is 0 Å². The van der Waals surface area contributed by atoms with Gasteiger partial charge in [0.1, 0.15) is 0 Å². The molecular weight excluding hydrogens is 308 g/mol. The van der Waals surface area contributed by atoms with Crippen molar-refractivity contribution in [3.05, 3.63) is 0 Å². The van der Waals surface area contributed by atoms with Gasteiger partial charge in [-0.05, 0) is 0 Å². The average molecular weight is 319 g/mol. The first-order chi connectivity index (χ1) is 4.96. The summed E-state index contributed by atoms with van der Waals surface area (Å²) >= 11 is 0. The Labute approximate surface area is 90.5 Å². The molecule has 0 aliphatic heterocycles. The van der Waals surface area contributed by atoms with Crippen LogP contribution in [0, 0.1) is 0 Å². The smallest absolute Gasteiger partial charge is 0.459 e. The molecule has 0 radical (unpaired) electrons. The van der Waals surface area contributed by atoms with Crippen LogP contribution in [-0.2, 0) is 0 Å². The van der Waals surface area contributed by atoms with Gasteiger partial charge in [0, 0.05) is 0 Å². The van der Waals surface area contributed by atoms with Crippen LogP contribution < -0.4 is 24.0 Å². The molecule has 0 spiro atoms. The van der Waals surface area contributed by atoms with Crippen LogP contribution in [-0.4, -0.2) is 44.3 Å². The zero-order valence-corrected chi connectivity index (χ0v) is 9.58. The molecule has 13 heavy (non-hydrogen) atoms. The van der Waals surface area contributed by atoms with Gasteiger partial charge in [0.15, 0.2) is 6.54 Å². The molecule has 0 saturated carbocycles. The summed E-state index contributed by atoms with van der Waals surface area (Å²) in [7, 11) is 3.83. The molecule has 0 fully saturated rings. The van der Waals surface area contributed by atoms with Gasteiger partial charge in [-0.25, -0.2) is 0 Å². The summed E-state index contributed by atoms with van der Waals surface area (Å²) in [6.45, 7) is -1.24. The molecule has 1 nitrogen and oxygen atoms in total. The van der Waals surface area contributed by atoms with Crippen molar-refractivity contribution >= 4 is 0 Å². The van der Waals surface area contributed by atoms with E-state index in [0.29, 0.717) is 0 Å². The highest BCUT2D eigenvalue weighted by Gasteiger charge is 2.60. The molecule has 0 aromatic rings. The van der Waals surface area contributed by atoms with Crippen LogP contribution in [0.4, 0.5) is 22.0 Å². The van der Waals surface area contributed by atoms with E-state index in [2.05, 4.69) is 0 Å². The summed E-state index contributed by atoms with van der Waals surface area (Å²) in [4.78, 5) is 0. The Hall–Kier alpha value is 0.340. The lowest BCUT2D eigenvalue weighted by Gasteiger charge is -2.29. The third kappa shape index (κ3) is 5.61. The number of nitrogens with zero attached hydrogens (tertiary/aromatic N) is 1. The Morgan fingerprint density at radius 3 is 1.31 bits per heavy atom. The van der Waals surface area contributed by atoms with Gasteiger partial charge in [-0.2, -0.15) is 22.0 Å². The number of hydrogen-bond acceptors (Lipinski definition) is 0. The molecule has 0 aromatic heterocycles. The molecule has 7 heteroatoms. The van der Waals surface area contributed by atoms with Gasteiger partial charge >= 0.3 is 12.1 Å². The molecule has 0 aromatic carbocycles. The first-order valence-corrected chi connectivity index (χ1v) is 3.21. The predicted octanol–water partition coefficient (Wildman–Crippen LogP) is -1.11. The number of rotatable bonds is 2. The lowest BCUT2D eigenvalue weighted by Crippen LogP contribution is -3.00. The third-order valence-electron chi connectivity index (χ3n) is 1.09. The highest BCUT2D eigenvalue weighted by atomic mass is 127. The quantitative estimate of drug-likeness (QED) is 0.344. The van der Waals surface area contributed by atoms with E-state index in [1.807, 2.05) is 0 Å². The second-order valence-corrected chi connectivity index (χ2v) is 3.65. The van der Waals surface area contributed by atoms with Crippen LogP contribution in [0.3, 0.4) is 0 Å². The molecular formula is C6H11F5IN. The third-order valence-corrected chi connectivity index (χ3v) is 1.09. The van der Waals surface area contributed by atoms with E-state index >= 15 is 0 Å². The number of halogens is 6. The molecule has 0 N–H and O–H groups in total. The van der Waals surface area contributed by atoms with Crippen LogP contribution >= 0.6 is 0 Å². The lowest BCUT2D eigenvalue weighted by molar-refractivity contribution is -0.880. The molecule has 0 atom stereocenters. The Kier molecular flexibility index (Phi) is 5.16. The zero-order chi connectivity index (χ0) is 10.2. The standard InChI is InChI=1S/C6H11F5N.HI/c1-12(2,3)4-5(7,8)6(9,10)11;/h4H2,1-3H3;1H/q+1;/p-1. The van der Waals surface area contributed by atoms with E-state index in [9.17, 15) is 22.0 Å². The molecule has 0 unspecified atom stereocenters. The van der Waals surface area contributed by atoms with Crippen molar-refractivity contribution in [2.24, 2.45) is 0 Å². The monoisotopic (exact) mass is 319 g/mol. The topological polar surface area (TPSA) is 0 Å². The molecule has 0 bridgehead atoms. The van der Waals surface area contributed by atoms with Crippen molar-refractivity contribution in [1.82, 2.24) is 0 Å². The number of alkyl halides is 5. The Bertz CT molecular complexity index is 159. The normalized spacial score (nSPS) is 13.8. The van der Waals surface area contributed by atoms with Crippen LogP contribution in [0.5, 0.6) is 0 Å². The second kappa shape index (κ2) is 4.24. The van der Waals surface area contributed by atoms with Crippen molar-refractivity contribution in [2.45, 2.75) is 12.1 Å². The maximum Gasteiger partial charge on any atom is 0.459 e. The maximum absolute atomic E-state index is 12.3. The van der Waals surface area contributed by atoms with Gasteiger partial charge in [0.05, 0.1) is 21.1 Å². The first-order valence-electron chi connectivity index (χ1n) is 3.21. The summed E-state index contributed by atoms with van der Waals surface area (Å²) < 4.78 is 59.0. The maximum atomic E-state index is 12.3. The van der Waals surface area contributed by atoms with Crippen molar-refractivity contribution in [3.63, 3.8) is 0 Å². The van der Waals surface area contributed by atoms with Crippen LogP contribution in [0.2, 0.25) is 0 Å². The fourth-order valence-corrected chi connectivity index (χ4v) is 0.685. The highest BCUT2D eigenvalue weighted by molar-refractivity contribution is 4.74. The van der Waals surface area contributed by atoms with Gasteiger partial charge in [-0.1, -0.05) is 0 Å². The minimum absolute atomic E-state index is 0. The summed E-state index contributed by atoms with van der Waals surface area (Å²) in [5.74, 6) is -4.61. The number of quaternary nitrogens is 1. The predicted molar refractivity (Wildman–Crippen MR) is 33.9 cm³/mol. The Morgan fingerprint density at radius 1 is 0.923 bits per heavy atom. The van der Waals surface area contributed by atoms with Gasteiger partial charge in [-0.15, -0.1) is 0 Å². The van der Waals surface area contributed by atoms with Gasteiger partial charge in [0.2, 0.25) is 0 Å². The highest BCUT2D eigenvalue weighted by Crippen LogP contribution is 2.36. The summed E-state index contributed by atoms with van der Waals surface area (Å²) in [5.41, 5.74) is 0. The summed E-state index contributed by atoms with van der Waals surface area (Å²) in [5, 5.41) is 0. The lowest BCUT2D eigenvalue weighted by atomic mass is 10.3. The second-order valence-electron chi connectivity index (χ2n) is 3.65. The molecule has 0 aliphatic carbocycles. The largest absolute Gasteiger partial charge is 1.00 e. The van der Waals surface area contributed by atoms with E-state index in [1.54, 1.807) is 0 Å². The van der Waals surface area contributed by atoms with Crippen molar-refractivity contribution in [1.29, 1.82) is 0 Å². The molecule has 0 heterocycles. The fraction of sp³-hybridized carbons (Fsp3) is 1.00. The van der Waals surface area contributed by atoms with Gasteiger partial charge in [-0.3, -0.25) is 0 Å². The fourth-order valence-electron chi connectivity index (χ4n) is 0.685. The average Bonchev–Trinajstić information content (AvgIpc) is 1.52. The first kappa shape index (κ1) is 15.8. The summed E-state index contributed by atoms with van der Waals surface area (Å²) in [6.07, 6.45) is -5.45. The van der Waals surface area contributed by atoms with Gasteiger partial charge in [0.25, 0.3) is 0 Å². The molecule has 0 amide bonds. The Balaban J connectivity index is 0. The van der Waals surface area contributed by atoms with Crippen LogP contribution in [0.25, 0.3) is 0 Å². The number of hydrogen-bond donors (Lipinski definition) is 0. The molecule has 0 rings (SSSR count). The van der Waals surface area contributed by atoms with E-state index in [4.69, 9.17) is 0 Å².